The van der Waals surface area contributed by atoms with E-state index in [0.717, 1.165) is 20.8 Å². The van der Waals surface area contributed by atoms with Gasteiger partial charge in [0.25, 0.3) is 10.8 Å². The van der Waals surface area contributed by atoms with E-state index in [-0.39, 0.29) is 10.8 Å². The quantitative estimate of drug-likeness (QED) is 0.341. The second-order valence-electron chi connectivity index (χ2n) is 6.64. The van der Waals surface area contributed by atoms with Gasteiger partial charge in [-0.3, -0.25) is 4.79 Å². The summed E-state index contributed by atoms with van der Waals surface area (Å²) in [5, 5.41) is 13.2. The SMILES string of the molecule is CC(Sc1nnc(Cc2ccccc2)o1)c1nc2scc(-c3cccs3)c2c(=O)[nH]1. The first-order valence-corrected chi connectivity index (χ1v) is 11.9. The molecule has 0 saturated carbocycles. The van der Waals surface area contributed by atoms with E-state index in [9.17, 15) is 4.79 Å². The number of thioether (sulfide) groups is 1. The largest absolute Gasteiger partial charge is 0.416 e. The summed E-state index contributed by atoms with van der Waals surface area (Å²) in [6.45, 7) is 1.96. The van der Waals surface area contributed by atoms with Crippen LogP contribution in [0.5, 0.6) is 0 Å². The number of thiophene rings is 2. The zero-order valence-corrected chi connectivity index (χ0v) is 18.3. The van der Waals surface area contributed by atoms with E-state index < -0.39 is 0 Å². The summed E-state index contributed by atoms with van der Waals surface area (Å²) in [6.07, 6.45) is 0.588. The van der Waals surface area contributed by atoms with Crippen molar-refractivity contribution in [2.75, 3.05) is 0 Å². The number of aromatic nitrogens is 4. The summed E-state index contributed by atoms with van der Waals surface area (Å²) in [7, 11) is 0. The zero-order chi connectivity index (χ0) is 20.5. The molecule has 0 amide bonds. The molecule has 150 valence electrons. The van der Waals surface area contributed by atoms with Gasteiger partial charge in [0, 0.05) is 15.8 Å². The van der Waals surface area contributed by atoms with E-state index in [2.05, 4.69) is 15.2 Å². The molecule has 4 heterocycles. The minimum absolute atomic E-state index is 0.123. The van der Waals surface area contributed by atoms with Gasteiger partial charge in [0.2, 0.25) is 5.89 Å². The maximum absolute atomic E-state index is 12.8. The normalized spacial score (nSPS) is 12.4. The molecule has 6 nitrogen and oxygen atoms in total. The van der Waals surface area contributed by atoms with Gasteiger partial charge in [0.05, 0.1) is 17.1 Å². The van der Waals surface area contributed by atoms with E-state index >= 15 is 0 Å². The van der Waals surface area contributed by atoms with Gasteiger partial charge in [-0.05, 0) is 23.9 Å². The van der Waals surface area contributed by atoms with E-state index in [1.165, 1.54) is 23.1 Å². The Balaban J connectivity index is 1.36. The highest BCUT2D eigenvalue weighted by Gasteiger charge is 2.19. The van der Waals surface area contributed by atoms with Crippen LogP contribution in [0.4, 0.5) is 0 Å². The molecule has 0 spiro atoms. The first-order chi connectivity index (χ1) is 14.7. The Hall–Kier alpha value is -2.75. The smallest absolute Gasteiger partial charge is 0.277 e. The fraction of sp³-hybridized carbons (Fsp3) is 0.143. The van der Waals surface area contributed by atoms with Crippen molar-refractivity contribution in [1.82, 2.24) is 20.2 Å². The standard InChI is InChI=1S/C21H16N4O2S3/c1-12(30-21-25-24-16(27-21)10-13-6-3-2-4-7-13)18-22-19(26)17-14(11-29-20(17)23-18)15-8-5-9-28-15/h2-9,11-12H,10H2,1H3,(H,22,23,26). The van der Waals surface area contributed by atoms with Crippen molar-refractivity contribution in [3.05, 3.63) is 80.9 Å². The Morgan fingerprint density at radius 2 is 2.00 bits per heavy atom. The monoisotopic (exact) mass is 452 g/mol. The number of aromatic amines is 1. The van der Waals surface area contributed by atoms with Gasteiger partial charge in [-0.1, -0.05) is 48.2 Å². The van der Waals surface area contributed by atoms with Gasteiger partial charge in [-0.25, -0.2) is 4.98 Å². The third-order valence-electron chi connectivity index (χ3n) is 4.56. The Morgan fingerprint density at radius 1 is 1.13 bits per heavy atom. The Kier molecular flexibility index (Phi) is 5.24. The lowest BCUT2D eigenvalue weighted by Crippen LogP contribution is -2.12. The first kappa shape index (κ1) is 19.2. The summed E-state index contributed by atoms with van der Waals surface area (Å²) in [6, 6.07) is 14.0. The molecule has 0 fully saturated rings. The molecule has 5 rings (SSSR count). The molecule has 1 aromatic carbocycles. The molecular formula is C21H16N4O2S3. The molecule has 0 aliphatic heterocycles. The number of fused-ring (bicyclic) bond motifs is 1. The van der Waals surface area contributed by atoms with E-state index in [1.54, 1.807) is 11.3 Å². The lowest BCUT2D eigenvalue weighted by Gasteiger charge is -2.07. The van der Waals surface area contributed by atoms with Crippen LogP contribution < -0.4 is 5.56 Å². The van der Waals surface area contributed by atoms with Crippen LogP contribution in [0, 0.1) is 0 Å². The molecular weight excluding hydrogens is 436 g/mol. The van der Waals surface area contributed by atoms with Crippen LogP contribution in [0.25, 0.3) is 20.7 Å². The number of nitrogens with one attached hydrogen (secondary N) is 1. The average molecular weight is 453 g/mol. The topological polar surface area (TPSA) is 84.7 Å². The van der Waals surface area contributed by atoms with Crippen molar-refractivity contribution in [3.63, 3.8) is 0 Å². The number of rotatable bonds is 6. The Bertz CT molecular complexity index is 1340. The predicted octanol–water partition coefficient (Wildman–Crippen LogP) is 5.54. The maximum atomic E-state index is 12.8. The molecule has 1 unspecified atom stereocenters. The van der Waals surface area contributed by atoms with Crippen molar-refractivity contribution < 1.29 is 4.42 Å². The Labute approximate surface area is 184 Å². The second kappa shape index (κ2) is 8.17. The molecule has 0 saturated heterocycles. The molecule has 0 aliphatic rings. The molecule has 0 aliphatic carbocycles. The molecule has 9 heteroatoms. The number of benzene rings is 1. The van der Waals surface area contributed by atoms with Gasteiger partial charge in [0.1, 0.15) is 10.7 Å². The molecule has 0 bridgehead atoms. The molecule has 0 radical (unpaired) electrons. The van der Waals surface area contributed by atoms with Crippen molar-refractivity contribution in [2.24, 2.45) is 0 Å². The van der Waals surface area contributed by atoms with Gasteiger partial charge >= 0.3 is 0 Å². The summed E-state index contributed by atoms with van der Waals surface area (Å²) in [5.41, 5.74) is 1.93. The van der Waals surface area contributed by atoms with Crippen LogP contribution in [-0.4, -0.2) is 20.2 Å². The van der Waals surface area contributed by atoms with Gasteiger partial charge in [-0.15, -0.1) is 32.9 Å². The first-order valence-electron chi connectivity index (χ1n) is 9.25. The summed E-state index contributed by atoms with van der Waals surface area (Å²) < 4.78 is 5.78. The highest BCUT2D eigenvalue weighted by atomic mass is 32.2. The number of hydrogen-bond donors (Lipinski definition) is 1. The molecule has 30 heavy (non-hydrogen) atoms. The van der Waals surface area contributed by atoms with E-state index in [4.69, 9.17) is 9.40 Å². The third-order valence-corrected chi connectivity index (χ3v) is 7.28. The van der Waals surface area contributed by atoms with Crippen molar-refractivity contribution in [1.29, 1.82) is 0 Å². The fourth-order valence-corrected chi connectivity index (χ4v) is 5.63. The Morgan fingerprint density at radius 3 is 2.80 bits per heavy atom. The fourth-order valence-electron chi connectivity index (χ4n) is 3.11. The summed E-state index contributed by atoms with van der Waals surface area (Å²) >= 11 is 4.48. The lowest BCUT2D eigenvalue weighted by atomic mass is 10.2. The minimum atomic E-state index is -0.139. The number of nitrogens with zero attached hydrogens (tertiary/aromatic N) is 3. The van der Waals surface area contributed by atoms with Crippen molar-refractivity contribution in [3.8, 4) is 10.4 Å². The van der Waals surface area contributed by atoms with Crippen LogP contribution >= 0.6 is 34.4 Å². The highest BCUT2D eigenvalue weighted by Crippen LogP contribution is 2.36. The molecule has 1 N–H and O–H groups in total. The molecule has 4 aromatic heterocycles. The average Bonchev–Trinajstić information content (AvgIpc) is 3.49. The van der Waals surface area contributed by atoms with Gasteiger partial charge in [-0.2, -0.15) is 0 Å². The van der Waals surface area contributed by atoms with Crippen LogP contribution in [0.1, 0.15) is 29.5 Å². The van der Waals surface area contributed by atoms with Gasteiger partial charge in [0.15, 0.2) is 0 Å². The van der Waals surface area contributed by atoms with E-state index in [1.807, 2.05) is 60.1 Å². The van der Waals surface area contributed by atoms with Crippen LogP contribution in [0.2, 0.25) is 0 Å². The van der Waals surface area contributed by atoms with Crippen molar-refractivity contribution >= 4 is 44.7 Å². The molecule has 1 atom stereocenters. The number of H-pyrrole nitrogens is 1. The maximum Gasteiger partial charge on any atom is 0.277 e. The predicted molar refractivity (Wildman–Crippen MR) is 121 cm³/mol. The third kappa shape index (κ3) is 3.83. The van der Waals surface area contributed by atoms with Crippen LogP contribution in [0.15, 0.2) is 67.7 Å². The van der Waals surface area contributed by atoms with Gasteiger partial charge < -0.3 is 9.40 Å². The zero-order valence-electron chi connectivity index (χ0n) is 15.9. The summed E-state index contributed by atoms with van der Waals surface area (Å²) in [4.78, 5) is 22.2. The lowest BCUT2D eigenvalue weighted by molar-refractivity contribution is 0.419. The summed E-state index contributed by atoms with van der Waals surface area (Å²) in [5.74, 6) is 1.16. The van der Waals surface area contributed by atoms with Crippen LogP contribution in [-0.2, 0) is 6.42 Å². The second-order valence-corrected chi connectivity index (χ2v) is 9.74. The molecule has 5 aromatic rings. The minimum Gasteiger partial charge on any atom is -0.416 e. The van der Waals surface area contributed by atoms with E-state index in [0.29, 0.717) is 28.7 Å². The highest BCUT2D eigenvalue weighted by molar-refractivity contribution is 7.99. The van der Waals surface area contributed by atoms with Crippen molar-refractivity contribution in [2.45, 2.75) is 23.8 Å². The number of hydrogen-bond acceptors (Lipinski definition) is 8. The van der Waals surface area contributed by atoms with Crippen LogP contribution in [0.3, 0.4) is 0 Å².